The minimum atomic E-state index is -0.348. The fourth-order valence-electron chi connectivity index (χ4n) is 2.00. The highest BCUT2D eigenvalue weighted by Crippen LogP contribution is 2.13. The highest BCUT2D eigenvalue weighted by atomic mass is 16.1. The molecule has 0 fully saturated rings. The summed E-state index contributed by atoms with van der Waals surface area (Å²) in [6.07, 6.45) is 2.32. The number of hydrogen-bond acceptors (Lipinski definition) is 5. The van der Waals surface area contributed by atoms with Crippen LogP contribution >= 0.6 is 0 Å². The maximum Gasteiger partial charge on any atom is 0.356 e. The lowest BCUT2D eigenvalue weighted by Crippen LogP contribution is -2.31. The molecule has 0 aliphatic carbocycles. The van der Waals surface area contributed by atoms with Gasteiger partial charge in [-0.1, -0.05) is 31.2 Å². The maximum atomic E-state index is 12.3. The Labute approximate surface area is 123 Å². The molecule has 0 aliphatic heterocycles. The van der Waals surface area contributed by atoms with Crippen LogP contribution in [0.3, 0.4) is 0 Å². The fraction of sp³-hybridized carbons (Fsp3) is 0.267. The first-order valence-corrected chi connectivity index (χ1v) is 6.83. The molecule has 0 saturated carbocycles. The molecule has 2 aromatic rings. The van der Waals surface area contributed by atoms with Gasteiger partial charge in [-0.3, -0.25) is 5.43 Å². The predicted octanol–water partition coefficient (Wildman–Crippen LogP) is 1.60. The van der Waals surface area contributed by atoms with Gasteiger partial charge >= 0.3 is 5.69 Å². The third-order valence-corrected chi connectivity index (χ3v) is 3.01. The van der Waals surface area contributed by atoms with Crippen LogP contribution in [0.15, 0.2) is 41.7 Å². The summed E-state index contributed by atoms with van der Waals surface area (Å²) in [4.78, 5) is 20.7. The lowest BCUT2D eigenvalue weighted by Gasteiger charge is -2.14. The number of hydrogen-bond donors (Lipinski definition) is 2. The standard InChI is InChI=1S/C15H19N5O/c1-4-10-16-19-14-17-13(5-2)20(15(21)18-14)12-9-7-6-8-11(12)3/h4,6-9,16H,1,5,10H2,2-3H3,(H,18,19,21). The minimum absolute atomic E-state index is 0.267. The summed E-state index contributed by atoms with van der Waals surface area (Å²) in [5.74, 6) is 0.927. The molecule has 21 heavy (non-hydrogen) atoms. The molecule has 6 nitrogen and oxygen atoms in total. The van der Waals surface area contributed by atoms with Gasteiger partial charge in [-0.15, -0.1) is 6.58 Å². The van der Waals surface area contributed by atoms with Crippen molar-refractivity contribution in [2.75, 3.05) is 12.0 Å². The van der Waals surface area contributed by atoms with Crippen molar-refractivity contribution in [3.05, 3.63) is 58.8 Å². The number of nitrogens with zero attached hydrogens (tertiary/aromatic N) is 3. The van der Waals surface area contributed by atoms with Crippen molar-refractivity contribution in [1.29, 1.82) is 0 Å². The number of benzene rings is 1. The van der Waals surface area contributed by atoms with Gasteiger partial charge in [0.25, 0.3) is 0 Å². The molecular weight excluding hydrogens is 266 g/mol. The predicted molar refractivity (Wildman–Crippen MR) is 83.6 cm³/mol. The summed E-state index contributed by atoms with van der Waals surface area (Å²) in [7, 11) is 0. The van der Waals surface area contributed by atoms with Gasteiger partial charge in [-0.25, -0.2) is 14.8 Å². The van der Waals surface area contributed by atoms with Crippen molar-refractivity contribution >= 4 is 5.95 Å². The summed E-state index contributed by atoms with van der Waals surface area (Å²) >= 11 is 0. The van der Waals surface area contributed by atoms with Crippen LogP contribution in [0.1, 0.15) is 18.3 Å². The molecule has 0 spiro atoms. The van der Waals surface area contributed by atoms with E-state index < -0.39 is 0 Å². The molecule has 0 unspecified atom stereocenters. The zero-order valence-corrected chi connectivity index (χ0v) is 12.3. The third-order valence-electron chi connectivity index (χ3n) is 3.01. The van der Waals surface area contributed by atoms with E-state index >= 15 is 0 Å². The van der Waals surface area contributed by atoms with Gasteiger partial charge < -0.3 is 0 Å². The molecule has 0 aliphatic rings. The highest BCUT2D eigenvalue weighted by molar-refractivity contribution is 5.41. The van der Waals surface area contributed by atoms with E-state index in [0.29, 0.717) is 18.8 Å². The Morgan fingerprint density at radius 2 is 2.10 bits per heavy atom. The van der Waals surface area contributed by atoms with Crippen molar-refractivity contribution in [3.63, 3.8) is 0 Å². The lowest BCUT2D eigenvalue weighted by molar-refractivity contribution is 0.752. The summed E-state index contributed by atoms with van der Waals surface area (Å²) < 4.78 is 1.55. The van der Waals surface area contributed by atoms with Gasteiger partial charge in [0.2, 0.25) is 5.95 Å². The average Bonchev–Trinajstić information content (AvgIpc) is 2.48. The number of nitrogens with one attached hydrogen (secondary N) is 2. The molecule has 0 amide bonds. The van der Waals surface area contributed by atoms with Gasteiger partial charge in [0.15, 0.2) is 0 Å². The molecule has 0 saturated heterocycles. The lowest BCUT2D eigenvalue weighted by atomic mass is 10.2. The Balaban J connectivity index is 2.46. The molecule has 110 valence electrons. The number of para-hydroxylation sites is 1. The van der Waals surface area contributed by atoms with Gasteiger partial charge in [0, 0.05) is 13.0 Å². The molecule has 1 aromatic heterocycles. The van der Waals surface area contributed by atoms with E-state index in [2.05, 4.69) is 27.4 Å². The molecule has 2 N–H and O–H groups in total. The number of aryl methyl sites for hydroxylation is 2. The first kappa shape index (κ1) is 14.9. The molecule has 1 aromatic carbocycles. The Hall–Kier alpha value is -2.47. The molecule has 2 rings (SSSR count). The molecule has 6 heteroatoms. The molecule has 0 radical (unpaired) electrons. The van der Waals surface area contributed by atoms with Crippen LogP contribution in [0.4, 0.5) is 5.95 Å². The quantitative estimate of drug-likeness (QED) is 0.479. The summed E-state index contributed by atoms with van der Waals surface area (Å²) in [5, 5.41) is 0. The summed E-state index contributed by atoms with van der Waals surface area (Å²) in [6.45, 7) is 8.06. The Morgan fingerprint density at radius 3 is 2.76 bits per heavy atom. The van der Waals surface area contributed by atoms with Crippen LogP contribution in [0, 0.1) is 6.92 Å². The van der Waals surface area contributed by atoms with Crippen LogP contribution < -0.4 is 16.5 Å². The van der Waals surface area contributed by atoms with Crippen LogP contribution in [-0.4, -0.2) is 21.1 Å². The SMILES string of the molecule is C=CCNNc1nc(CC)n(-c2ccccc2C)c(=O)n1. The van der Waals surface area contributed by atoms with Gasteiger partial charge in [-0.2, -0.15) is 9.97 Å². The minimum Gasteiger partial charge on any atom is -0.289 e. The van der Waals surface area contributed by atoms with Crippen molar-refractivity contribution in [2.45, 2.75) is 20.3 Å². The normalized spacial score (nSPS) is 10.4. The third kappa shape index (κ3) is 3.35. The topological polar surface area (TPSA) is 71.8 Å². The van der Waals surface area contributed by atoms with Crippen LogP contribution in [0.25, 0.3) is 5.69 Å². The van der Waals surface area contributed by atoms with E-state index in [1.165, 1.54) is 0 Å². The number of aromatic nitrogens is 3. The second-order valence-corrected chi connectivity index (χ2v) is 4.52. The van der Waals surface area contributed by atoms with Crippen LogP contribution in [-0.2, 0) is 6.42 Å². The van der Waals surface area contributed by atoms with E-state index in [-0.39, 0.29) is 11.6 Å². The first-order chi connectivity index (χ1) is 10.2. The zero-order valence-electron chi connectivity index (χ0n) is 12.3. The number of hydrazine groups is 1. The Bertz CT molecular complexity index is 693. The van der Waals surface area contributed by atoms with Crippen LogP contribution in [0.2, 0.25) is 0 Å². The maximum absolute atomic E-state index is 12.3. The second kappa shape index (κ2) is 6.81. The van der Waals surface area contributed by atoms with E-state index in [4.69, 9.17) is 0 Å². The van der Waals surface area contributed by atoms with Crippen molar-refractivity contribution < 1.29 is 0 Å². The first-order valence-electron chi connectivity index (χ1n) is 6.83. The fourth-order valence-corrected chi connectivity index (χ4v) is 2.00. The number of anilines is 1. The second-order valence-electron chi connectivity index (χ2n) is 4.52. The monoisotopic (exact) mass is 285 g/mol. The van der Waals surface area contributed by atoms with Gasteiger partial charge in [0.1, 0.15) is 5.82 Å². The van der Waals surface area contributed by atoms with E-state index in [9.17, 15) is 4.79 Å². The van der Waals surface area contributed by atoms with Gasteiger partial charge in [-0.05, 0) is 18.6 Å². The van der Waals surface area contributed by atoms with Crippen molar-refractivity contribution in [1.82, 2.24) is 20.0 Å². The van der Waals surface area contributed by atoms with Crippen molar-refractivity contribution in [2.24, 2.45) is 0 Å². The van der Waals surface area contributed by atoms with E-state index in [1.807, 2.05) is 38.1 Å². The van der Waals surface area contributed by atoms with E-state index in [1.54, 1.807) is 10.6 Å². The zero-order chi connectivity index (χ0) is 15.2. The largest absolute Gasteiger partial charge is 0.356 e. The smallest absolute Gasteiger partial charge is 0.289 e. The molecular formula is C15H19N5O. The molecule has 0 bridgehead atoms. The van der Waals surface area contributed by atoms with Gasteiger partial charge in [0.05, 0.1) is 5.69 Å². The highest BCUT2D eigenvalue weighted by Gasteiger charge is 2.11. The molecule has 1 heterocycles. The van der Waals surface area contributed by atoms with E-state index in [0.717, 1.165) is 11.3 Å². The Kier molecular flexibility index (Phi) is 4.84. The number of rotatable bonds is 6. The Morgan fingerprint density at radius 1 is 1.33 bits per heavy atom. The average molecular weight is 285 g/mol. The van der Waals surface area contributed by atoms with Crippen molar-refractivity contribution in [3.8, 4) is 5.69 Å². The molecule has 0 atom stereocenters. The summed E-state index contributed by atoms with van der Waals surface area (Å²) in [6, 6.07) is 7.68. The summed E-state index contributed by atoms with van der Waals surface area (Å²) in [5.41, 5.74) is 7.12. The van der Waals surface area contributed by atoms with Crippen LogP contribution in [0.5, 0.6) is 0 Å².